The minimum atomic E-state index is -0.575. The lowest BCUT2D eigenvalue weighted by Crippen LogP contribution is -2.43. The highest BCUT2D eigenvalue weighted by Gasteiger charge is 2.45. The molecule has 2 unspecified atom stereocenters. The predicted octanol–water partition coefficient (Wildman–Crippen LogP) is 5.69. The first-order valence-corrected chi connectivity index (χ1v) is 11.0. The Morgan fingerprint density at radius 3 is 2.17 bits per heavy atom. The number of ether oxygens (including phenoxy) is 2. The number of carbonyl (C=O) groups is 2. The molecular formula is C22H31BrN2O4. The zero-order valence-corrected chi connectivity index (χ0v) is 19.7. The van der Waals surface area contributed by atoms with Crippen molar-refractivity contribution in [3.05, 3.63) is 28.2 Å². The van der Waals surface area contributed by atoms with Crippen molar-refractivity contribution in [2.45, 2.75) is 77.5 Å². The van der Waals surface area contributed by atoms with Crippen molar-refractivity contribution in [3.8, 4) is 0 Å². The normalized spacial score (nSPS) is 21.9. The molecule has 0 N–H and O–H groups in total. The maximum atomic E-state index is 13.1. The predicted molar refractivity (Wildman–Crippen MR) is 116 cm³/mol. The van der Waals surface area contributed by atoms with E-state index < -0.39 is 11.2 Å². The van der Waals surface area contributed by atoms with Gasteiger partial charge in [0.05, 0.1) is 5.69 Å². The van der Waals surface area contributed by atoms with Crippen LogP contribution in [-0.4, -0.2) is 47.4 Å². The lowest BCUT2D eigenvalue weighted by molar-refractivity contribution is 0.0256. The lowest BCUT2D eigenvalue weighted by atomic mass is 9.91. The van der Waals surface area contributed by atoms with E-state index in [2.05, 4.69) is 15.9 Å². The van der Waals surface area contributed by atoms with Crippen LogP contribution in [0.4, 0.5) is 15.3 Å². The van der Waals surface area contributed by atoms with Gasteiger partial charge in [-0.3, -0.25) is 4.90 Å². The number of carbonyl (C=O) groups excluding carboxylic acids is 2. The largest absolute Gasteiger partial charge is 0.444 e. The molecule has 0 radical (unpaired) electrons. The van der Waals surface area contributed by atoms with Crippen molar-refractivity contribution in [2.24, 2.45) is 0 Å². The van der Waals surface area contributed by atoms with Crippen LogP contribution in [0.2, 0.25) is 0 Å². The van der Waals surface area contributed by atoms with Gasteiger partial charge in [-0.05, 0) is 72.1 Å². The minimum absolute atomic E-state index is 0.0500. The van der Waals surface area contributed by atoms with E-state index in [9.17, 15) is 9.59 Å². The van der Waals surface area contributed by atoms with Crippen LogP contribution >= 0.6 is 15.9 Å². The molecule has 1 saturated heterocycles. The van der Waals surface area contributed by atoms with Crippen molar-refractivity contribution in [1.82, 2.24) is 4.90 Å². The average Bonchev–Trinajstić information content (AvgIpc) is 2.71. The summed E-state index contributed by atoms with van der Waals surface area (Å²) in [6, 6.07) is 5.87. The average molecular weight is 467 g/mol. The first-order valence-electron chi connectivity index (χ1n) is 10.2. The SMILES string of the molecule is CC(C)(C)OC(=O)N1CCC2c3c(Br)cccc3N(C(=O)OC(C)(C)C)C2CC1. The fourth-order valence-electron chi connectivity index (χ4n) is 4.07. The van der Waals surface area contributed by atoms with Crippen molar-refractivity contribution in [1.29, 1.82) is 0 Å². The zero-order valence-electron chi connectivity index (χ0n) is 18.1. The fourth-order valence-corrected chi connectivity index (χ4v) is 4.72. The molecule has 1 fully saturated rings. The van der Waals surface area contributed by atoms with Crippen molar-refractivity contribution in [2.75, 3.05) is 18.0 Å². The summed E-state index contributed by atoms with van der Waals surface area (Å²) in [5, 5.41) is 0. The smallest absolute Gasteiger partial charge is 0.415 e. The Bertz CT molecular complexity index is 797. The summed E-state index contributed by atoms with van der Waals surface area (Å²) in [6.45, 7) is 12.4. The Kier molecular flexibility index (Phi) is 5.91. The molecular weight excluding hydrogens is 436 g/mol. The summed E-state index contributed by atoms with van der Waals surface area (Å²) in [4.78, 5) is 29.2. The van der Waals surface area contributed by atoms with Crippen LogP contribution < -0.4 is 4.90 Å². The van der Waals surface area contributed by atoms with Gasteiger partial charge in [-0.2, -0.15) is 0 Å². The molecule has 29 heavy (non-hydrogen) atoms. The molecule has 2 aliphatic heterocycles. The van der Waals surface area contributed by atoms with Gasteiger partial charge < -0.3 is 14.4 Å². The first-order chi connectivity index (χ1) is 13.4. The van der Waals surface area contributed by atoms with E-state index >= 15 is 0 Å². The molecule has 160 valence electrons. The number of nitrogens with zero attached hydrogens (tertiary/aromatic N) is 2. The standard InChI is InChI=1S/C22H31BrN2O4/c1-21(2,3)28-19(26)24-12-10-14-16(11-13-24)25(20(27)29-22(4,5)6)17-9-7-8-15(23)18(14)17/h7-9,14,16H,10-13H2,1-6H3. The summed E-state index contributed by atoms with van der Waals surface area (Å²) in [7, 11) is 0. The summed E-state index contributed by atoms with van der Waals surface area (Å²) < 4.78 is 12.3. The van der Waals surface area contributed by atoms with E-state index in [0.29, 0.717) is 19.5 Å². The van der Waals surface area contributed by atoms with Gasteiger partial charge in [0.1, 0.15) is 11.2 Å². The highest BCUT2D eigenvalue weighted by Crippen LogP contribution is 2.48. The lowest BCUT2D eigenvalue weighted by Gasteiger charge is -2.30. The number of halogens is 1. The van der Waals surface area contributed by atoms with Crippen LogP contribution in [-0.2, 0) is 9.47 Å². The Morgan fingerprint density at radius 1 is 0.966 bits per heavy atom. The molecule has 7 heteroatoms. The molecule has 0 aliphatic carbocycles. The van der Waals surface area contributed by atoms with Crippen LogP contribution in [0.25, 0.3) is 0 Å². The topological polar surface area (TPSA) is 59.1 Å². The molecule has 1 aromatic carbocycles. The number of benzene rings is 1. The summed E-state index contributed by atoms with van der Waals surface area (Å²) in [5.74, 6) is 0.139. The number of hydrogen-bond acceptors (Lipinski definition) is 4. The van der Waals surface area contributed by atoms with E-state index in [0.717, 1.165) is 22.1 Å². The van der Waals surface area contributed by atoms with Crippen LogP contribution in [0.3, 0.4) is 0 Å². The highest BCUT2D eigenvalue weighted by molar-refractivity contribution is 9.10. The molecule has 2 aliphatic rings. The highest BCUT2D eigenvalue weighted by atomic mass is 79.9. The Labute approximate surface area is 181 Å². The first kappa shape index (κ1) is 21.9. The van der Waals surface area contributed by atoms with Gasteiger partial charge in [-0.25, -0.2) is 9.59 Å². The monoisotopic (exact) mass is 466 g/mol. The molecule has 2 heterocycles. The van der Waals surface area contributed by atoms with Gasteiger partial charge in [0.2, 0.25) is 0 Å². The molecule has 2 atom stereocenters. The summed E-state index contributed by atoms with van der Waals surface area (Å²) >= 11 is 3.67. The van der Waals surface area contributed by atoms with Gasteiger partial charge in [0.15, 0.2) is 0 Å². The molecule has 3 rings (SSSR count). The third-order valence-corrected chi connectivity index (χ3v) is 5.79. The second kappa shape index (κ2) is 7.82. The maximum absolute atomic E-state index is 13.1. The van der Waals surface area contributed by atoms with Crippen molar-refractivity contribution in [3.63, 3.8) is 0 Å². The van der Waals surface area contributed by atoms with Crippen LogP contribution in [0, 0.1) is 0 Å². The van der Waals surface area contributed by atoms with E-state index in [1.54, 1.807) is 9.80 Å². The molecule has 0 spiro atoms. The van der Waals surface area contributed by atoms with E-state index in [1.165, 1.54) is 0 Å². The maximum Gasteiger partial charge on any atom is 0.415 e. The number of hydrogen-bond donors (Lipinski definition) is 0. The molecule has 6 nitrogen and oxygen atoms in total. The number of rotatable bonds is 0. The van der Waals surface area contributed by atoms with Crippen LogP contribution in [0.1, 0.15) is 65.9 Å². The fraction of sp³-hybridized carbons (Fsp3) is 0.636. The zero-order chi connectivity index (χ0) is 21.6. The summed E-state index contributed by atoms with van der Waals surface area (Å²) in [6.07, 6.45) is 0.798. The Morgan fingerprint density at radius 2 is 1.55 bits per heavy atom. The molecule has 0 bridgehead atoms. The number of likely N-dealkylation sites (tertiary alicyclic amines) is 1. The quantitative estimate of drug-likeness (QED) is 0.492. The van der Waals surface area contributed by atoms with Crippen LogP contribution in [0.5, 0.6) is 0 Å². The van der Waals surface area contributed by atoms with E-state index in [-0.39, 0.29) is 24.1 Å². The van der Waals surface area contributed by atoms with Gasteiger partial charge >= 0.3 is 12.2 Å². The van der Waals surface area contributed by atoms with Gasteiger partial charge in [0, 0.05) is 29.5 Å². The van der Waals surface area contributed by atoms with E-state index in [1.807, 2.05) is 59.7 Å². The number of fused-ring (bicyclic) bond motifs is 3. The number of anilines is 1. The Hall–Kier alpha value is -1.76. The molecule has 2 amide bonds. The minimum Gasteiger partial charge on any atom is -0.444 e. The molecule has 1 aromatic rings. The molecule has 0 aromatic heterocycles. The van der Waals surface area contributed by atoms with Crippen LogP contribution in [0.15, 0.2) is 22.7 Å². The van der Waals surface area contributed by atoms with E-state index in [4.69, 9.17) is 9.47 Å². The third-order valence-electron chi connectivity index (χ3n) is 5.10. The molecule has 0 saturated carbocycles. The number of amides is 2. The van der Waals surface area contributed by atoms with Gasteiger partial charge in [0.25, 0.3) is 0 Å². The van der Waals surface area contributed by atoms with Crippen molar-refractivity contribution >= 4 is 33.8 Å². The van der Waals surface area contributed by atoms with Gasteiger partial charge in [-0.1, -0.05) is 22.0 Å². The van der Waals surface area contributed by atoms with Gasteiger partial charge in [-0.15, -0.1) is 0 Å². The second-order valence-corrected chi connectivity index (χ2v) is 10.6. The van der Waals surface area contributed by atoms with Crippen molar-refractivity contribution < 1.29 is 19.1 Å². The third kappa shape index (κ3) is 4.87. The second-order valence-electron chi connectivity index (χ2n) is 9.74. The Balaban J connectivity index is 1.89. The summed E-state index contributed by atoms with van der Waals surface area (Å²) in [5.41, 5.74) is 0.912.